The molecule has 0 fully saturated rings. The summed E-state index contributed by atoms with van der Waals surface area (Å²) in [4.78, 5) is 10.3. The van der Waals surface area contributed by atoms with E-state index < -0.39 is 0 Å². The van der Waals surface area contributed by atoms with E-state index in [1.807, 2.05) is 18.2 Å². The Bertz CT molecular complexity index is 939. The fraction of sp³-hybridized carbons (Fsp3) is 0. The predicted molar refractivity (Wildman–Crippen MR) is 75.0 cm³/mol. The van der Waals surface area contributed by atoms with Crippen molar-refractivity contribution in [1.29, 1.82) is 0 Å². The molecule has 0 aliphatic carbocycles. The molecule has 3 heterocycles. The van der Waals surface area contributed by atoms with E-state index in [-0.39, 0.29) is 11.7 Å². The number of pyridine rings is 1. The van der Waals surface area contributed by atoms with Gasteiger partial charge in [-0.1, -0.05) is 0 Å². The van der Waals surface area contributed by atoms with Crippen molar-refractivity contribution in [3.63, 3.8) is 0 Å². The number of nitrogens with one attached hydrogen (secondary N) is 2. The van der Waals surface area contributed by atoms with Crippen LogP contribution in [0, 0.1) is 5.82 Å². The number of fused-ring (bicyclic) bond motifs is 2. The van der Waals surface area contributed by atoms with Gasteiger partial charge < -0.3 is 15.1 Å². The highest BCUT2D eigenvalue weighted by atomic mass is 19.1. The predicted octanol–water partition coefficient (Wildman–Crippen LogP) is 3.56. The number of halogens is 1. The molecule has 0 aliphatic heterocycles. The highest BCUT2D eigenvalue weighted by Crippen LogP contribution is 2.36. The number of aromatic amines is 2. The molecule has 0 atom stereocenters. The van der Waals surface area contributed by atoms with Crippen molar-refractivity contribution in [2.45, 2.75) is 0 Å². The number of aromatic nitrogens is 3. The van der Waals surface area contributed by atoms with E-state index in [9.17, 15) is 9.50 Å². The maximum atomic E-state index is 13.4. The van der Waals surface area contributed by atoms with Gasteiger partial charge in [-0.3, -0.25) is 0 Å². The molecule has 3 N–H and O–H groups in total. The van der Waals surface area contributed by atoms with Crippen LogP contribution in [0.5, 0.6) is 5.88 Å². The standard InChI is InChI=1S/C15H10FN3O/c16-9-2-4-11-10(7-9)13(15(20)19-11)12-3-1-8-5-6-17-14(8)18-12/h1-7,19-20H,(H,17,18). The van der Waals surface area contributed by atoms with Crippen molar-refractivity contribution < 1.29 is 9.50 Å². The van der Waals surface area contributed by atoms with Crippen LogP contribution in [-0.2, 0) is 0 Å². The van der Waals surface area contributed by atoms with Gasteiger partial charge in [0.2, 0.25) is 0 Å². The van der Waals surface area contributed by atoms with Gasteiger partial charge in [-0.05, 0) is 36.4 Å². The third kappa shape index (κ3) is 1.50. The molecular formula is C15H10FN3O. The summed E-state index contributed by atoms with van der Waals surface area (Å²) in [7, 11) is 0. The monoisotopic (exact) mass is 267 g/mol. The van der Waals surface area contributed by atoms with Crippen molar-refractivity contribution >= 4 is 21.9 Å². The molecule has 5 heteroatoms. The van der Waals surface area contributed by atoms with Gasteiger partial charge >= 0.3 is 0 Å². The lowest BCUT2D eigenvalue weighted by Crippen LogP contribution is -1.84. The third-order valence-corrected chi connectivity index (χ3v) is 3.41. The second-order valence-electron chi connectivity index (χ2n) is 4.65. The van der Waals surface area contributed by atoms with Crippen LogP contribution in [0.15, 0.2) is 42.6 Å². The zero-order valence-corrected chi connectivity index (χ0v) is 10.3. The van der Waals surface area contributed by atoms with Crippen molar-refractivity contribution in [3.05, 3.63) is 48.4 Å². The molecule has 4 aromatic rings. The number of hydrogen-bond donors (Lipinski definition) is 3. The topological polar surface area (TPSA) is 64.7 Å². The third-order valence-electron chi connectivity index (χ3n) is 3.41. The molecule has 0 radical (unpaired) electrons. The van der Waals surface area contributed by atoms with Crippen LogP contribution in [0.2, 0.25) is 0 Å². The zero-order chi connectivity index (χ0) is 13.7. The number of hydrogen-bond acceptors (Lipinski definition) is 2. The summed E-state index contributed by atoms with van der Waals surface area (Å²) in [6, 6.07) is 9.97. The van der Waals surface area contributed by atoms with E-state index in [0.717, 1.165) is 11.0 Å². The number of benzene rings is 1. The molecule has 4 rings (SSSR count). The Hall–Kier alpha value is -2.82. The molecular weight excluding hydrogens is 257 g/mol. The lowest BCUT2D eigenvalue weighted by atomic mass is 10.1. The molecule has 20 heavy (non-hydrogen) atoms. The quantitative estimate of drug-likeness (QED) is 0.493. The van der Waals surface area contributed by atoms with Crippen LogP contribution in [0.4, 0.5) is 4.39 Å². The van der Waals surface area contributed by atoms with Gasteiger partial charge in [-0.15, -0.1) is 0 Å². The van der Waals surface area contributed by atoms with E-state index in [4.69, 9.17) is 0 Å². The first-order valence-corrected chi connectivity index (χ1v) is 6.17. The molecule has 0 spiro atoms. The molecule has 0 saturated carbocycles. The molecule has 98 valence electrons. The minimum absolute atomic E-state index is 0.0102. The first-order chi connectivity index (χ1) is 9.72. The average molecular weight is 267 g/mol. The first kappa shape index (κ1) is 11.0. The van der Waals surface area contributed by atoms with Gasteiger partial charge in [0.25, 0.3) is 0 Å². The van der Waals surface area contributed by atoms with Gasteiger partial charge in [-0.2, -0.15) is 0 Å². The number of H-pyrrole nitrogens is 2. The largest absolute Gasteiger partial charge is 0.494 e. The minimum atomic E-state index is -0.348. The maximum Gasteiger partial charge on any atom is 0.199 e. The Balaban J connectivity index is 2.05. The van der Waals surface area contributed by atoms with E-state index >= 15 is 0 Å². The summed E-state index contributed by atoms with van der Waals surface area (Å²) in [5.74, 6) is -0.359. The van der Waals surface area contributed by atoms with Gasteiger partial charge in [-0.25, -0.2) is 9.37 Å². The highest BCUT2D eigenvalue weighted by molar-refractivity contribution is 5.98. The zero-order valence-electron chi connectivity index (χ0n) is 10.3. The minimum Gasteiger partial charge on any atom is -0.494 e. The van der Waals surface area contributed by atoms with Crippen molar-refractivity contribution in [3.8, 4) is 17.1 Å². The number of aromatic hydroxyl groups is 1. The Morgan fingerprint density at radius 3 is 2.90 bits per heavy atom. The van der Waals surface area contributed by atoms with E-state index in [2.05, 4.69) is 15.0 Å². The van der Waals surface area contributed by atoms with E-state index in [0.29, 0.717) is 22.2 Å². The van der Waals surface area contributed by atoms with Crippen LogP contribution < -0.4 is 0 Å². The van der Waals surface area contributed by atoms with Crippen LogP contribution in [0.1, 0.15) is 0 Å². The lowest BCUT2D eigenvalue weighted by molar-refractivity contribution is 0.460. The Morgan fingerprint density at radius 2 is 2.00 bits per heavy atom. The molecule has 4 nitrogen and oxygen atoms in total. The van der Waals surface area contributed by atoms with Gasteiger partial charge in [0.1, 0.15) is 11.5 Å². The van der Waals surface area contributed by atoms with Crippen LogP contribution in [0.25, 0.3) is 33.2 Å². The molecule has 3 aromatic heterocycles. The lowest BCUT2D eigenvalue weighted by Gasteiger charge is -2.00. The van der Waals surface area contributed by atoms with E-state index in [1.165, 1.54) is 12.1 Å². The second kappa shape index (κ2) is 3.84. The smallest absolute Gasteiger partial charge is 0.199 e. The molecule has 0 bridgehead atoms. The Kier molecular flexibility index (Phi) is 2.12. The molecule has 0 unspecified atom stereocenters. The Morgan fingerprint density at radius 1 is 1.10 bits per heavy atom. The van der Waals surface area contributed by atoms with Crippen LogP contribution >= 0.6 is 0 Å². The summed E-state index contributed by atoms with van der Waals surface area (Å²) >= 11 is 0. The maximum absolute atomic E-state index is 13.4. The summed E-state index contributed by atoms with van der Waals surface area (Å²) in [6.45, 7) is 0. The molecule has 0 saturated heterocycles. The molecule has 0 amide bonds. The normalized spacial score (nSPS) is 11.4. The second-order valence-corrected chi connectivity index (χ2v) is 4.65. The van der Waals surface area contributed by atoms with Crippen molar-refractivity contribution in [1.82, 2.24) is 15.0 Å². The average Bonchev–Trinajstić information content (AvgIpc) is 3.00. The van der Waals surface area contributed by atoms with Gasteiger partial charge in [0, 0.05) is 22.5 Å². The fourth-order valence-corrected chi connectivity index (χ4v) is 2.48. The SMILES string of the molecule is Oc1[nH]c2ccc(F)cc2c1-c1ccc2cc[nH]c2n1. The number of rotatable bonds is 1. The van der Waals surface area contributed by atoms with Gasteiger partial charge in [0.05, 0.1) is 11.3 Å². The summed E-state index contributed by atoms with van der Waals surface area (Å²) in [6.07, 6.45) is 1.80. The van der Waals surface area contributed by atoms with Crippen molar-refractivity contribution in [2.75, 3.05) is 0 Å². The number of nitrogens with zero attached hydrogens (tertiary/aromatic N) is 1. The summed E-state index contributed by atoms with van der Waals surface area (Å²) in [5.41, 5.74) is 2.50. The van der Waals surface area contributed by atoms with Gasteiger partial charge in [0.15, 0.2) is 5.88 Å². The molecule has 1 aromatic carbocycles. The summed E-state index contributed by atoms with van der Waals surface area (Å²) in [5, 5.41) is 11.7. The fourth-order valence-electron chi connectivity index (χ4n) is 2.48. The van der Waals surface area contributed by atoms with Crippen LogP contribution in [0.3, 0.4) is 0 Å². The first-order valence-electron chi connectivity index (χ1n) is 6.17. The highest BCUT2D eigenvalue weighted by Gasteiger charge is 2.15. The molecule has 0 aliphatic rings. The summed E-state index contributed by atoms with van der Waals surface area (Å²) < 4.78 is 13.4. The van der Waals surface area contributed by atoms with Crippen LogP contribution in [-0.4, -0.2) is 20.1 Å². The Labute approximate surface area is 112 Å². The van der Waals surface area contributed by atoms with Crippen molar-refractivity contribution in [2.24, 2.45) is 0 Å². The van der Waals surface area contributed by atoms with E-state index in [1.54, 1.807) is 12.3 Å².